The fourth-order valence-corrected chi connectivity index (χ4v) is 3.86. The lowest BCUT2D eigenvalue weighted by atomic mass is 10.0. The van der Waals surface area contributed by atoms with Crippen molar-refractivity contribution in [1.82, 2.24) is 14.9 Å². The Morgan fingerprint density at radius 3 is 2.72 bits per heavy atom. The Hall–Kier alpha value is -3.51. The predicted molar refractivity (Wildman–Crippen MR) is 108 cm³/mol. The van der Waals surface area contributed by atoms with Crippen LogP contribution in [0.3, 0.4) is 0 Å². The smallest absolute Gasteiger partial charge is 0.291 e. The molecule has 29 heavy (non-hydrogen) atoms. The van der Waals surface area contributed by atoms with E-state index in [1.54, 1.807) is 59.9 Å². The number of carbonyl (C=O) groups is 1. The van der Waals surface area contributed by atoms with E-state index in [-0.39, 0.29) is 29.2 Å². The Morgan fingerprint density at radius 1 is 1.07 bits per heavy atom. The summed E-state index contributed by atoms with van der Waals surface area (Å²) in [5.41, 5.74) is 1.77. The summed E-state index contributed by atoms with van der Waals surface area (Å²) in [6.07, 6.45) is 5.00. The number of hydrogen-bond donors (Lipinski definition) is 0. The van der Waals surface area contributed by atoms with E-state index >= 15 is 0 Å². The third-order valence-corrected chi connectivity index (χ3v) is 5.21. The van der Waals surface area contributed by atoms with Crippen molar-refractivity contribution in [3.8, 4) is 0 Å². The van der Waals surface area contributed by atoms with Crippen LogP contribution >= 0.6 is 11.6 Å². The number of pyridine rings is 2. The molecule has 1 atom stereocenters. The molecule has 1 aromatic carbocycles. The van der Waals surface area contributed by atoms with Crippen LogP contribution in [-0.2, 0) is 6.54 Å². The molecule has 3 aromatic heterocycles. The van der Waals surface area contributed by atoms with Crippen LogP contribution in [0, 0.1) is 0 Å². The molecule has 0 saturated carbocycles. The normalized spacial score (nSPS) is 15.7. The first-order chi connectivity index (χ1) is 14.1. The monoisotopic (exact) mass is 403 g/mol. The molecule has 0 spiro atoms. The molecule has 0 fully saturated rings. The highest BCUT2D eigenvalue weighted by Crippen LogP contribution is 2.38. The Bertz CT molecular complexity index is 1290. The number of carbonyl (C=O) groups excluding carboxylic acids is 1. The first kappa shape index (κ1) is 17.6. The highest BCUT2D eigenvalue weighted by Gasteiger charge is 2.43. The summed E-state index contributed by atoms with van der Waals surface area (Å²) >= 11 is 6.08. The van der Waals surface area contributed by atoms with Gasteiger partial charge in [-0.25, -0.2) is 0 Å². The molecule has 7 heteroatoms. The Morgan fingerprint density at radius 2 is 1.97 bits per heavy atom. The van der Waals surface area contributed by atoms with Crippen molar-refractivity contribution in [1.29, 1.82) is 0 Å². The van der Waals surface area contributed by atoms with Crippen LogP contribution in [0.4, 0.5) is 0 Å². The second-order valence-electron chi connectivity index (χ2n) is 6.77. The van der Waals surface area contributed by atoms with Crippen molar-refractivity contribution < 1.29 is 9.21 Å². The highest BCUT2D eigenvalue weighted by molar-refractivity contribution is 6.31. The van der Waals surface area contributed by atoms with Crippen LogP contribution in [0.15, 0.2) is 76.3 Å². The quantitative estimate of drug-likeness (QED) is 0.517. The molecule has 142 valence electrons. The zero-order chi connectivity index (χ0) is 20.0. The number of fused-ring (bicyclic) bond motifs is 2. The lowest BCUT2D eigenvalue weighted by Gasteiger charge is -2.24. The third-order valence-electron chi connectivity index (χ3n) is 4.97. The maximum Gasteiger partial charge on any atom is 0.291 e. The molecule has 4 aromatic rings. The van der Waals surface area contributed by atoms with Gasteiger partial charge < -0.3 is 9.32 Å². The van der Waals surface area contributed by atoms with Crippen molar-refractivity contribution in [3.63, 3.8) is 0 Å². The minimum absolute atomic E-state index is 0.0457. The first-order valence-electron chi connectivity index (χ1n) is 9.00. The van der Waals surface area contributed by atoms with E-state index in [4.69, 9.17) is 16.0 Å². The maximum atomic E-state index is 13.4. The minimum Gasteiger partial charge on any atom is -0.450 e. The Labute approximate surface area is 170 Å². The standard InChI is InChI=1S/C22H14ClN3O3/c23-14-6-7-17-15(10-14)20(27)18-19(16-5-1-2-9-25-16)26(22(28)21(18)29-17)12-13-4-3-8-24-11-13/h1-11,19H,12H2. The van der Waals surface area contributed by atoms with Crippen LogP contribution in [0.25, 0.3) is 11.0 Å². The topological polar surface area (TPSA) is 76.3 Å². The zero-order valence-electron chi connectivity index (χ0n) is 15.1. The number of rotatable bonds is 3. The second-order valence-corrected chi connectivity index (χ2v) is 7.20. The van der Waals surface area contributed by atoms with E-state index < -0.39 is 6.04 Å². The van der Waals surface area contributed by atoms with Gasteiger partial charge in [0.1, 0.15) is 11.6 Å². The highest BCUT2D eigenvalue weighted by atomic mass is 35.5. The summed E-state index contributed by atoms with van der Waals surface area (Å²) in [6.45, 7) is 0.272. The van der Waals surface area contributed by atoms with E-state index in [1.165, 1.54) is 0 Å². The number of nitrogens with zero attached hydrogens (tertiary/aromatic N) is 3. The van der Waals surface area contributed by atoms with Gasteiger partial charge in [0, 0.05) is 30.2 Å². The number of amides is 1. The van der Waals surface area contributed by atoms with Gasteiger partial charge >= 0.3 is 0 Å². The lowest BCUT2D eigenvalue weighted by Crippen LogP contribution is -2.29. The summed E-state index contributed by atoms with van der Waals surface area (Å²) in [6, 6.07) is 13.2. The summed E-state index contributed by atoms with van der Waals surface area (Å²) in [5, 5.41) is 0.767. The van der Waals surface area contributed by atoms with Gasteiger partial charge in [0.2, 0.25) is 5.76 Å². The molecule has 5 rings (SSSR count). The van der Waals surface area contributed by atoms with Gasteiger partial charge in [-0.2, -0.15) is 0 Å². The van der Waals surface area contributed by atoms with Crippen LogP contribution in [-0.4, -0.2) is 20.8 Å². The van der Waals surface area contributed by atoms with Crippen molar-refractivity contribution in [2.45, 2.75) is 12.6 Å². The van der Waals surface area contributed by atoms with E-state index in [0.29, 0.717) is 21.7 Å². The van der Waals surface area contributed by atoms with E-state index in [2.05, 4.69) is 9.97 Å². The minimum atomic E-state index is -0.654. The second kappa shape index (κ2) is 6.83. The summed E-state index contributed by atoms with van der Waals surface area (Å²) < 4.78 is 5.88. The number of aromatic nitrogens is 2. The van der Waals surface area contributed by atoms with Gasteiger partial charge in [-0.3, -0.25) is 19.6 Å². The average Bonchev–Trinajstić information content (AvgIpc) is 3.02. The molecular weight excluding hydrogens is 390 g/mol. The van der Waals surface area contributed by atoms with Crippen LogP contribution in [0.5, 0.6) is 0 Å². The maximum absolute atomic E-state index is 13.4. The molecule has 0 aliphatic carbocycles. The zero-order valence-corrected chi connectivity index (χ0v) is 15.8. The molecule has 0 N–H and O–H groups in total. The summed E-state index contributed by atoms with van der Waals surface area (Å²) in [4.78, 5) is 36.7. The van der Waals surface area contributed by atoms with Gasteiger partial charge in [0.15, 0.2) is 5.43 Å². The lowest BCUT2D eigenvalue weighted by molar-refractivity contribution is 0.0711. The fraction of sp³-hybridized carbons (Fsp3) is 0.0909. The van der Waals surface area contributed by atoms with Gasteiger partial charge in [-0.15, -0.1) is 0 Å². The number of halogens is 1. The third kappa shape index (κ3) is 2.89. The van der Waals surface area contributed by atoms with Crippen molar-refractivity contribution in [2.75, 3.05) is 0 Å². The van der Waals surface area contributed by atoms with Crippen molar-refractivity contribution in [3.05, 3.63) is 105 Å². The molecule has 0 bridgehead atoms. The van der Waals surface area contributed by atoms with Crippen molar-refractivity contribution in [2.24, 2.45) is 0 Å². The average molecular weight is 404 g/mol. The summed E-state index contributed by atoms with van der Waals surface area (Å²) in [7, 11) is 0. The van der Waals surface area contributed by atoms with Crippen LogP contribution < -0.4 is 5.43 Å². The van der Waals surface area contributed by atoms with Gasteiger partial charge in [0.05, 0.1) is 16.6 Å². The predicted octanol–water partition coefficient (Wildman–Crippen LogP) is 3.98. The van der Waals surface area contributed by atoms with E-state index in [1.807, 2.05) is 12.1 Å². The molecule has 6 nitrogen and oxygen atoms in total. The van der Waals surface area contributed by atoms with E-state index in [0.717, 1.165) is 5.56 Å². The Kier molecular flexibility index (Phi) is 4.14. The molecular formula is C22H14ClN3O3. The summed E-state index contributed by atoms with van der Waals surface area (Å²) in [5.74, 6) is -0.308. The largest absolute Gasteiger partial charge is 0.450 e. The molecule has 0 radical (unpaired) electrons. The fourth-order valence-electron chi connectivity index (χ4n) is 3.69. The number of hydrogen-bond acceptors (Lipinski definition) is 5. The van der Waals surface area contributed by atoms with Crippen LogP contribution in [0.2, 0.25) is 5.02 Å². The van der Waals surface area contributed by atoms with Gasteiger partial charge in [-0.1, -0.05) is 23.7 Å². The van der Waals surface area contributed by atoms with Gasteiger partial charge in [-0.05, 0) is 42.0 Å². The Balaban J connectivity index is 1.74. The SMILES string of the molecule is O=C1c2oc3ccc(Cl)cc3c(=O)c2C(c2ccccn2)N1Cc1cccnc1. The number of benzene rings is 1. The molecule has 1 unspecified atom stereocenters. The molecule has 4 heterocycles. The van der Waals surface area contributed by atoms with Crippen molar-refractivity contribution >= 4 is 28.5 Å². The van der Waals surface area contributed by atoms with E-state index in [9.17, 15) is 9.59 Å². The van der Waals surface area contributed by atoms with Crippen LogP contribution in [0.1, 0.15) is 33.4 Å². The molecule has 1 aliphatic rings. The van der Waals surface area contributed by atoms with Gasteiger partial charge in [0.25, 0.3) is 5.91 Å². The molecule has 1 amide bonds. The molecule has 1 aliphatic heterocycles. The first-order valence-corrected chi connectivity index (χ1v) is 9.38. The molecule has 0 saturated heterocycles.